The highest BCUT2D eigenvalue weighted by atomic mass is 16.3. The third-order valence-electron chi connectivity index (χ3n) is 2.52. The van der Waals surface area contributed by atoms with Crippen molar-refractivity contribution in [2.75, 3.05) is 24.6 Å². The fourth-order valence-corrected chi connectivity index (χ4v) is 1.73. The van der Waals surface area contributed by atoms with Crippen LogP contribution in [0.25, 0.3) is 0 Å². The number of rotatable bonds is 2. The van der Waals surface area contributed by atoms with Crippen LogP contribution in [-0.4, -0.2) is 29.8 Å². The molecule has 2 heterocycles. The first kappa shape index (κ1) is 8.51. The van der Waals surface area contributed by atoms with Crippen LogP contribution in [-0.2, 0) is 0 Å². The summed E-state index contributed by atoms with van der Waals surface area (Å²) in [4.78, 5) is 6.50. The Morgan fingerprint density at radius 2 is 2.46 bits per heavy atom. The van der Waals surface area contributed by atoms with Crippen LogP contribution in [0.3, 0.4) is 0 Å². The number of hydrogen-bond acceptors (Lipinski definition) is 3. The first-order chi connectivity index (χ1) is 6.40. The molecule has 0 unspecified atom stereocenters. The van der Waals surface area contributed by atoms with Crippen LogP contribution in [0.15, 0.2) is 24.4 Å². The van der Waals surface area contributed by atoms with E-state index in [0.717, 1.165) is 25.3 Å². The van der Waals surface area contributed by atoms with E-state index < -0.39 is 0 Å². The second kappa shape index (κ2) is 3.75. The standard InChI is InChI=1S/C10H14N2O/c13-8-9-4-6-12(7-9)10-3-1-2-5-11-10/h1-3,5,9,13H,4,6-8H2/t9-/m1/s1. The van der Waals surface area contributed by atoms with Crippen molar-refractivity contribution in [1.82, 2.24) is 4.98 Å². The molecule has 1 fully saturated rings. The molecule has 1 atom stereocenters. The number of pyridine rings is 1. The van der Waals surface area contributed by atoms with E-state index in [0.29, 0.717) is 12.5 Å². The van der Waals surface area contributed by atoms with E-state index in [2.05, 4.69) is 9.88 Å². The van der Waals surface area contributed by atoms with E-state index >= 15 is 0 Å². The number of aliphatic hydroxyl groups excluding tert-OH is 1. The number of aromatic nitrogens is 1. The molecule has 0 aromatic carbocycles. The maximum absolute atomic E-state index is 8.98. The van der Waals surface area contributed by atoms with Gasteiger partial charge in [-0.15, -0.1) is 0 Å². The van der Waals surface area contributed by atoms with Gasteiger partial charge in [0, 0.05) is 31.8 Å². The van der Waals surface area contributed by atoms with Crippen molar-refractivity contribution in [3.63, 3.8) is 0 Å². The highest BCUT2D eigenvalue weighted by Crippen LogP contribution is 2.20. The summed E-state index contributed by atoms with van der Waals surface area (Å²) in [5, 5.41) is 8.98. The van der Waals surface area contributed by atoms with Gasteiger partial charge >= 0.3 is 0 Å². The van der Waals surface area contributed by atoms with Gasteiger partial charge in [-0.1, -0.05) is 6.07 Å². The Morgan fingerprint density at radius 1 is 1.54 bits per heavy atom. The molecule has 0 aliphatic carbocycles. The molecule has 13 heavy (non-hydrogen) atoms. The summed E-state index contributed by atoms with van der Waals surface area (Å²) in [6.45, 7) is 2.25. The molecule has 2 rings (SSSR count). The first-order valence-corrected chi connectivity index (χ1v) is 4.67. The lowest BCUT2D eigenvalue weighted by molar-refractivity contribution is 0.238. The Balaban J connectivity index is 2.04. The molecule has 0 spiro atoms. The quantitative estimate of drug-likeness (QED) is 0.731. The van der Waals surface area contributed by atoms with Crippen molar-refractivity contribution in [1.29, 1.82) is 0 Å². The molecule has 1 aliphatic rings. The summed E-state index contributed by atoms with van der Waals surface area (Å²) >= 11 is 0. The van der Waals surface area contributed by atoms with Crippen molar-refractivity contribution in [2.45, 2.75) is 6.42 Å². The molecule has 3 nitrogen and oxygen atoms in total. The van der Waals surface area contributed by atoms with Gasteiger partial charge in [0.2, 0.25) is 0 Å². The van der Waals surface area contributed by atoms with Crippen LogP contribution in [0.4, 0.5) is 5.82 Å². The fraction of sp³-hybridized carbons (Fsp3) is 0.500. The van der Waals surface area contributed by atoms with Gasteiger partial charge in [0.05, 0.1) is 0 Å². The molecule has 1 aromatic rings. The van der Waals surface area contributed by atoms with Gasteiger partial charge in [-0.3, -0.25) is 0 Å². The second-order valence-corrected chi connectivity index (χ2v) is 3.47. The second-order valence-electron chi connectivity index (χ2n) is 3.47. The van der Waals surface area contributed by atoms with Crippen molar-refractivity contribution < 1.29 is 5.11 Å². The predicted octanol–water partition coefficient (Wildman–Crippen LogP) is 0.900. The lowest BCUT2D eigenvalue weighted by atomic mass is 10.1. The third-order valence-corrected chi connectivity index (χ3v) is 2.52. The van der Waals surface area contributed by atoms with E-state index in [1.165, 1.54) is 0 Å². The lowest BCUT2D eigenvalue weighted by Crippen LogP contribution is -2.21. The zero-order chi connectivity index (χ0) is 9.10. The van der Waals surface area contributed by atoms with Crippen molar-refractivity contribution >= 4 is 5.82 Å². The topological polar surface area (TPSA) is 36.4 Å². The van der Waals surface area contributed by atoms with Gasteiger partial charge in [0.25, 0.3) is 0 Å². The predicted molar refractivity (Wildman–Crippen MR) is 51.6 cm³/mol. The Labute approximate surface area is 78.0 Å². The number of anilines is 1. The SMILES string of the molecule is OC[C@@H]1CCN(c2ccccn2)C1. The smallest absolute Gasteiger partial charge is 0.128 e. The average Bonchev–Trinajstić information content (AvgIpc) is 2.67. The van der Waals surface area contributed by atoms with E-state index in [4.69, 9.17) is 5.11 Å². The summed E-state index contributed by atoms with van der Waals surface area (Å²) in [5.74, 6) is 1.46. The van der Waals surface area contributed by atoms with Crippen molar-refractivity contribution in [2.24, 2.45) is 5.92 Å². The number of aliphatic hydroxyl groups is 1. The van der Waals surface area contributed by atoms with Gasteiger partial charge in [-0.05, 0) is 18.6 Å². The molecule has 1 aliphatic heterocycles. The minimum absolute atomic E-state index is 0.295. The summed E-state index contributed by atoms with van der Waals surface area (Å²) in [7, 11) is 0. The molecule has 0 bridgehead atoms. The maximum atomic E-state index is 8.98. The summed E-state index contributed by atoms with van der Waals surface area (Å²) in [6, 6.07) is 5.93. The van der Waals surface area contributed by atoms with Crippen LogP contribution in [0.5, 0.6) is 0 Å². The molecule has 3 heteroatoms. The van der Waals surface area contributed by atoms with E-state index in [1.807, 2.05) is 24.4 Å². The summed E-state index contributed by atoms with van der Waals surface area (Å²) < 4.78 is 0. The van der Waals surface area contributed by atoms with Crippen LogP contribution < -0.4 is 4.90 Å². The van der Waals surface area contributed by atoms with Crippen molar-refractivity contribution in [3.8, 4) is 0 Å². The maximum Gasteiger partial charge on any atom is 0.128 e. The highest BCUT2D eigenvalue weighted by Gasteiger charge is 2.22. The molecular formula is C10H14N2O. The zero-order valence-electron chi connectivity index (χ0n) is 7.56. The Morgan fingerprint density at radius 3 is 3.08 bits per heavy atom. The van der Waals surface area contributed by atoms with Crippen LogP contribution in [0.2, 0.25) is 0 Å². The Hall–Kier alpha value is -1.09. The summed E-state index contributed by atoms with van der Waals surface area (Å²) in [5.41, 5.74) is 0. The Bertz CT molecular complexity index is 263. The molecule has 0 amide bonds. The van der Waals surface area contributed by atoms with Crippen molar-refractivity contribution in [3.05, 3.63) is 24.4 Å². The normalized spacial score (nSPS) is 22.2. The zero-order valence-corrected chi connectivity index (χ0v) is 7.56. The van der Waals surface area contributed by atoms with Gasteiger partial charge < -0.3 is 10.0 Å². The molecule has 1 N–H and O–H groups in total. The molecule has 1 saturated heterocycles. The van der Waals surface area contributed by atoms with Gasteiger partial charge in [0.1, 0.15) is 5.82 Å². The van der Waals surface area contributed by atoms with E-state index in [1.54, 1.807) is 0 Å². The number of hydrogen-bond donors (Lipinski definition) is 1. The molecule has 0 radical (unpaired) electrons. The van der Waals surface area contributed by atoms with Crippen LogP contribution in [0.1, 0.15) is 6.42 Å². The minimum atomic E-state index is 0.295. The van der Waals surface area contributed by atoms with Crippen LogP contribution in [0, 0.1) is 5.92 Å². The summed E-state index contributed by atoms with van der Waals surface area (Å²) in [6.07, 6.45) is 2.88. The van der Waals surface area contributed by atoms with Gasteiger partial charge in [-0.2, -0.15) is 0 Å². The molecular weight excluding hydrogens is 164 g/mol. The lowest BCUT2D eigenvalue weighted by Gasteiger charge is -2.16. The Kier molecular flexibility index (Phi) is 2.45. The monoisotopic (exact) mass is 178 g/mol. The largest absolute Gasteiger partial charge is 0.396 e. The van der Waals surface area contributed by atoms with E-state index in [-0.39, 0.29) is 0 Å². The molecule has 0 saturated carbocycles. The van der Waals surface area contributed by atoms with E-state index in [9.17, 15) is 0 Å². The minimum Gasteiger partial charge on any atom is -0.396 e. The van der Waals surface area contributed by atoms with Gasteiger partial charge in [-0.25, -0.2) is 4.98 Å². The average molecular weight is 178 g/mol. The third kappa shape index (κ3) is 1.80. The first-order valence-electron chi connectivity index (χ1n) is 4.67. The fourth-order valence-electron chi connectivity index (χ4n) is 1.73. The molecule has 70 valence electrons. The highest BCUT2D eigenvalue weighted by molar-refractivity contribution is 5.38. The molecule has 1 aromatic heterocycles. The van der Waals surface area contributed by atoms with Crippen LogP contribution >= 0.6 is 0 Å². The van der Waals surface area contributed by atoms with Gasteiger partial charge in [0.15, 0.2) is 0 Å². The number of nitrogens with zero attached hydrogens (tertiary/aromatic N) is 2.